The third-order valence-corrected chi connectivity index (χ3v) is 3.69. The van der Waals surface area contributed by atoms with Crippen LogP contribution in [0.5, 0.6) is 0 Å². The zero-order valence-corrected chi connectivity index (χ0v) is 11.5. The summed E-state index contributed by atoms with van der Waals surface area (Å²) in [5, 5.41) is 0. The van der Waals surface area contributed by atoms with Crippen LogP contribution in [-0.2, 0) is 6.42 Å². The van der Waals surface area contributed by atoms with Crippen molar-refractivity contribution in [1.82, 2.24) is 15.0 Å². The molecule has 0 aliphatic carbocycles. The number of aromatic nitrogens is 3. The van der Waals surface area contributed by atoms with Crippen LogP contribution >= 0.6 is 0 Å². The van der Waals surface area contributed by atoms with Gasteiger partial charge in [-0.25, -0.2) is 4.98 Å². The summed E-state index contributed by atoms with van der Waals surface area (Å²) in [5.74, 6) is 0.826. The van der Waals surface area contributed by atoms with E-state index in [2.05, 4.69) is 28.5 Å². The Kier molecular flexibility index (Phi) is 3.16. The minimum Gasteiger partial charge on any atom is -0.361 e. The first-order chi connectivity index (χ1) is 9.69. The number of benzene rings is 1. The van der Waals surface area contributed by atoms with Crippen LogP contribution in [0, 0.1) is 6.92 Å². The van der Waals surface area contributed by atoms with Crippen LogP contribution in [0.2, 0.25) is 0 Å². The summed E-state index contributed by atoms with van der Waals surface area (Å²) in [4.78, 5) is 11.0. The highest BCUT2D eigenvalue weighted by molar-refractivity contribution is 5.74. The molecular formula is C16H18N4. The molecule has 4 nitrogen and oxygen atoms in total. The SMILES string of the molecule is C=Cc1[nH]cc(CC(N)c2nc3ccccc3[nH]2)c1C. The number of nitrogens with one attached hydrogen (secondary N) is 2. The van der Waals surface area contributed by atoms with Gasteiger partial charge in [0.25, 0.3) is 0 Å². The van der Waals surface area contributed by atoms with Gasteiger partial charge in [0.2, 0.25) is 0 Å². The molecule has 1 aromatic carbocycles. The lowest BCUT2D eigenvalue weighted by molar-refractivity contribution is 0.679. The number of hydrogen-bond acceptors (Lipinski definition) is 2. The van der Waals surface area contributed by atoms with Crippen LogP contribution in [0.25, 0.3) is 17.1 Å². The summed E-state index contributed by atoms with van der Waals surface area (Å²) < 4.78 is 0. The van der Waals surface area contributed by atoms with Crippen molar-refractivity contribution in [3.05, 3.63) is 59.7 Å². The van der Waals surface area contributed by atoms with Crippen LogP contribution in [0.4, 0.5) is 0 Å². The number of para-hydroxylation sites is 2. The molecule has 0 bridgehead atoms. The van der Waals surface area contributed by atoms with E-state index in [1.807, 2.05) is 36.5 Å². The van der Waals surface area contributed by atoms with Gasteiger partial charge in [-0.05, 0) is 42.7 Å². The highest BCUT2D eigenvalue weighted by atomic mass is 15.0. The average molecular weight is 266 g/mol. The molecule has 1 unspecified atom stereocenters. The minimum atomic E-state index is -0.144. The maximum atomic E-state index is 6.28. The van der Waals surface area contributed by atoms with E-state index in [9.17, 15) is 0 Å². The Balaban J connectivity index is 1.86. The van der Waals surface area contributed by atoms with Crippen LogP contribution in [0.15, 0.2) is 37.0 Å². The van der Waals surface area contributed by atoms with Crippen molar-refractivity contribution in [3.8, 4) is 0 Å². The molecule has 0 spiro atoms. The van der Waals surface area contributed by atoms with E-state index >= 15 is 0 Å². The standard InChI is InChI=1S/C16H18N4/c1-3-13-10(2)11(9-18-13)8-12(17)16-19-14-6-4-5-7-15(14)20-16/h3-7,9,12,18H,1,8,17H2,2H3,(H,19,20). The monoisotopic (exact) mass is 266 g/mol. The summed E-state index contributed by atoms with van der Waals surface area (Å²) in [7, 11) is 0. The lowest BCUT2D eigenvalue weighted by atomic mass is 10.0. The lowest BCUT2D eigenvalue weighted by Gasteiger charge is -2.08. The van der Waals surface area contributed by atoms with Crippen LogP contribution in [0.3, 0.4) is 0 Å². The number of imidazole rings is 1. The number of nitrogens with two attached hydrogens (primary N) is 1. The van der Waals surface area contributed by atoms with Crippen molar-refractivity contribution in [2.45, 2.75) is 19.4 Å². The molecule has 0 saturated carbocycles. The van der Waals surface area contributed by atoms with Crippen molar-refractivity contribution in [2.75, 3.05) is 0 Å². The van der Waals surface area contributed by atoms with Crippen LogP contribution < -0.4 is 5.73 Å². The Bertz CT molecular complexity index is 718. The molecule has 2 heterocycles. The molecule has 0 aliphatic heterocycles. The normalized spacial score (nSPS) is 12.7. The molecule has 0 saturated heterocycles. The number of fused-ring (bicyclic) bond motifs is 1. The molecule has 3 aromatic rings. The zero-order chi connectivity index (χ0) is 14.1. The van der Waals surface area contributed by atoms with Gasteiger partial charge < -0.3 is 15.7 Å². The predicted molar refractivity (Wildman–Crippen MR) is 82.3 cm³/mol. The first-order valence-electron chi connectivity index (χ1n) is 6.68. The van der Waals surface area contributed by atoms with Crippen molar-refractivity contribution in [2.24, 2.45) is 5.73 Å². The molecule has 102 valence electrons. The van der Waals surface area contributed by atoms with Crippen LogP contribution in [0.1, 0.15) is 28.7 Å². The fourth-order valence-corrected chi connectivity index (χ4v) is 2.46. The number of hydrogen-bond donors (Lipinski definition) is 3. The summed E-state index contributed by atoms with van der Waals surface area (Å²) in [6.45, 7) is 5.87. The molecule has 3 rings (SSSR count). The van der Waals surface area contributed by atoms with Crippen LogP contribution in [-0.4, -0.2) is 15.0 Å². The zero-order valence-electron chi connectivity index (χ0n) is 11.5. The van der Waals surface area contributed by atoms with E-state index in [-0.39, 0.29) is 6.04 Å². The maximum Gasteiger partial charge on any atom is 0.124 e. The highest BCUT2D eigenvalue weighted by Crippen LogP contribution is 2.21. The smallest absolute Gasteiger partial charge is 0.124 e. The van der Waals surface area contributed by atoms with Gasteiger partial charge >= 0.3 is 0 Å². The van der Waals surface area contributed by atoms with E-state index in [1.165, 1.54) is 11.1 Å². The predicted octanol–water partition coefficient (Wildman–Crippen LogP) is 3.08. The third-order valence-electron chi connectivity index (χ3n) is 3.69. The van der Waals surface area contributed by atoms with E-state index in [1.54, 1.807) is 0 Å². The Morgan fingerprint density at radius 3 is 2.90 bits per heavy atom. The second kappa shape index (κ2) is 4.98. The molecule has 20 heavy (non-hydrogen) atoms. The summed E-state index contributed by atoms with van der Waals surface area (Å²) in [6.07, 6.45) is 4.57. The maximum absolute atomic E-state index is 6.28. The fourth-order valence-electron chi connectivity index (χ4n) is 2.46. The molecule has 0 radical (unpaired) electrons. The van der Waals surface area contributed by atoms with Gasteiger partial charge in [0, 0.05) is 11.9 Å². The van der Waals surface area contributed by atoms with E-state index < -0.39 is 0 Å². The summed E-state index contributed by atoms with van der Waals surface area (Å²) >= 11 is 0. The molecule has 0 aliphatic rings. The quantitative estimate of drug-likeness (QED) is 0.679. The number of aromatic amines is 2. The number of H-pyrrole nitrogens is 2. The summed E-state index contributed by atoms with van der Waals surface area (Å²) in [5.41, 5.74) is 11.7. The van der Waals surface area contributed by atoms with Crippen molar-refractivity contribution in [1.29, 1.82) is 0 Å². The number of nitrogens with zero attached hydrogens (tertiary/aromatic N) is 1. The van der Waals surface area contributed by atoms with Crippen molar-refractivity contribution in [3.63, 3.8) is 0 Å². The molecule has 4 heteroatoms. The average Bonchev–Trinajstić information content (AvgIpc) is 3.03. The van der Waals surface area contributed by atoms with Gasteiger partial charge in [0.1, 0.15) is 5.82 Å². The van der Waals surface area contributed by atoms with E-state index in [0.717, 1.165) is 29.0 Å². The van der Waals surface area contributed by atoms with Crippen molar-refractivity contribution >= 4 is 17.1 Å². The molecule has 1 atom stereocenters. The Morgan fingerprint density at radius 2 is 2.20 bits per heavy atom. The first-order valence-corrected chi connectivity index (χ1v) is 6.68. The molecule has 0 fully saturated rings. The minimum absolute atomic E-state index is 0.144. The third kappa shape index (κ3) is 2.14. The molecule has 2 aromatic heterocycles. The van der Waals surface area contributed by atoms with Gasteiger partial charge in [0.05, 0.1) is 17.1 Å². The van der Waals surface area contributed by atoms with E-state index in [0.29, 0.717) is 0 Å². The topological polar surface area (TPSA) is 70.5 Å². The van der Waals surface area contributed by atoms with Gasteiger partial charge in [-0.15, -0.1) is 0 Å². The molecule has 4 N–H and O–H groups in total. The largest absolute Gasteiger partial charge is 0.361 e. The fraction of sp³-hybridized carbons (Fsp3) is 0.188. The lowest BCUT2D eigenvalue weighted by Crippen LogP contribution is -2.15. The van der Waals surface area contributed by atoms with Gasteiger partial charge in [-0.2, -0.15) is 0 Å². The van der Waals surface area contributed by atoms with Crippen molar-refractivity contribution < 1.29 is 0 Å². The molecular weight excluding hydrogens is 248 g/mol. The Hall–Kier alpha value is -2.33. The Morgan fingerprint density at radius 1 is 1.40 bits per heavy atom. The van der Waals surface area contributed by atoms with Gasteiger partial charge in [-0.3, -0.25) is 0 Å². The summed E-state index contributed by atoms with van der Waals surface area (Å²) in [6, 6.07) is 7.82. The first kappa shape index (κ1) is 12.7. The molecule has 0 amide bonds. The van der Waals surface area contributed by atoms with Gasteiger partial charge in [-0.1, -0.05) is 18.7 Å². The van der Waals surface area contributed by atoms with Gasteiger partial charge in [0.15, 0.2) is 0 Å². The Labute approximate surface area is 117 Å². The number of rotatable bonds is 4. The van der Waals surface area contributed by atoms with E-state index in [4.69, 9.17) is 5.73 Å². The second-order valence-corrected chi connectivity index (χ2v) is 5.01. The second-order valence-electron chi connectivity index (χ2n) is 5.01. The highest BCUT2D eigenvalue weighted by Gasteiger charge is 2.14.